The number of methoxy groups -OCH3 is 1. The van der Waals surface area contributed by atoms with E-state index in [0.717, 1.165) is 22.6 Å². The molecule has 0 saturated carbocycles. The first-order valence-electron chi connectivity index (χ1n) is 5.09. The second-order valence-electron chi connectivity index (χ2n) is 4.02. The minimum absolute atomic E-state index is 0.156. The van der Waals surface area contributed by atoms with E-state index in [1.807, 2.05) is 13.8 Å². The lowest BCUT2D eigenvalue weighted by Crippen LogP contribution is -2.18. The van der Waals surface area contributed by atoms with E-state index in [1.54, 1.807) is 7.11 Å². The van der Waals surface area contributed by atoms with E-state index in [2.05, 4.69) is 25.6 Å². The molecule has 0 saturated heterocycles. The number of benzene rings is 1. The molecule has 0 fully saturated rings. The summed E-state index contributed by atoms with van der Waals surface area (Å²) in [5, 5.41) is 0. The van der Waals surface area contributed by atoms with Gasteiger partial charge in [-0.05, 0) is 44.4 Å². The van der Waals surface area contributed by atoms with Crippen LogP contribution in [-0.4, -0.2) is 13.2 Å². The molecule has 3 heteroatoms. The molecule has 1 atom stereocenters. The van der Waals surface area contributed by atoms with Crippen molar-refractivity contribution in [3.63, 3.8) is 0 Å². The van der Waals surface area contributed by atoms with Crippen LogP contribution < -0.4 is 10.5 Å². The first kappa shape index (κ1) is 12.4. The Morgan fingerprint density at radius 2 is 2.00 bits per heavy atom. The normalized spacial score (nSPS) is 12.7. The van der Waals surface area contributed by atoms with Crippen LogP contribution in [-0.2, 0) is 6.42 Å². The van der Waals surface area contributed by atoms with Crippen molar-refractivity contribution in [1.82, 2.24) is 0 Å². The maximum atomic E-state index is 5.81. The highest BCUT2D eigenvalue weighted by atomic mass is 32.1. The van der Waals surface area contributed by atoms with Crippen molar-refractivity contribution in [1.29, 1.82) is 0 Å². The lowest BCUT2D eigenvalue weighted by Gasteiger charge is -2.16. The Bertz CT molecular complexity index is 361. The summed E-state index contributed by atoms with van der Waals surface area (Å²) < 4.78 is 5.31. The molecule has 84 valence electrons. The van der Waals surface area contributed by atoms with Crippen LogP contribution in [0.5, 0.6) is 5.75 Å². The van der Waals surface area contributed by atoms with Crippen molar-refractivity contribution in [2.45, 2.75) is 38.1 Å². The molecule has 2 nitrogen and oxygen atoms in total. The average Bonchev–Trinajstić information content (AvgIpc) is 2.18. The zero-order chi connectivity index (χ0) is 11.6. The number of hydrogen-bond donors (Lipinski definition) is 2. The fourth-order valence-electron chi connectivity index (χ4n) is 1.70. The van der Waals surface area contributed by atoms with Crippen molar-refractivity contribution >= 4 is 12.6 Å². The molecule has 15 heavy (non-hydrogen) atoms. The van der Waals surface area contributed by atoms with Crippen molar-refractivity contribution in [3.8, 4) is 5.75 Å². The van der Waals surface area contributed by atoms with Gasteiger partial charge in [0, 0.05) is 16.5 Å². The average molecular weight is 225 g/mol. The summed E-state index contributed by atoms with van der Waals surface area (Å²) >= 11 is 4.51. The largest absolute Gasteiger partial charge is 0.496 e. The predicted molar refractivity (Wildman–Crippen MR) is 67.1 cm³/mol. The van der Waals surface area contributed by atoms with Gasteiger partial charge >= 0.3 is 0 Å². The highest BCUT2D eigenvalue weighted by molar-refractivity contribution is 7.80. The van der Waals surface area contributed by atoms with Crippen LogP contribution in [0.3, 0.4) is 0 Å². The van der Waals surface area contributed by atoms with Crippen molar-refractivity contribution in [2.24, 2.45) is 5.73 Å². The molecule has 0 aliphatic rings. The maximum Gasteiger partial charge on any atom is 0.123 e. The monoisotopic (exact) mass is 225 g/mol. The molecular formula is C12H19NOS. The number of hydrogen-bond acceptors (Lipinski definition) is 3. The van der Waals surface area contributed by atoms with Gasteiger partial charge in [0.2, 0.25) is 0 Å². The first-order chi connectivity index (χ1) is 6.97. The molecule has 0 bridgehead atoms. The molecule has 0 spiro atoms. The fraction of sp³-hybridized carbons (Fsp3) is 0.500. The number of rotatable bonds is 3. The van der Waals surface area contributed by atoms with Gasteiger partial charge in [-0.3, -0.25) is 0 Å². The number of nitrogens with two attached hydrogens (primary N) is 1. The highest BCUT2D eigenvalue weighted by Gasteiger charge is 2.11. The van der Waals surface area contributed by atoms with E-state index < -0.39 is 0 Å². The van der Waals surface area contributed by atoms with E-state index in [1.165, 1.54) is 11.1 Å². The number of thiol groups is 1. The Balaban J connectivity index is 3.22. The standard InChI is InChI=1S/C12H19NOS/c1-7(13)5-10-6-11(14-4)9(3)12(15)8(10)2/h6-7,15H,5,13H2,1-4H3. The van der Waals surface area contributed by atoms with Gasteiger partial charge in [0.25, 0.3) is 0 Å². The Hall–Kier alpha value is -0.670. The quantitative estimate of drug-likeness (QED) is 0.775. The lowest BCUT2D eigenvalue weighted by atomic mass is 9.99. The van der Waals surface area contributed by atoms with E-state index in [4.69, 9.17) is 10.5 Å². The van der Waals surface area contributed by atoms with E-state index >= 15 is 0 Å². The van der Waals surface area contributed by atoms with Crippen molar-refractivity contribution in [2.75, 3.05) is 7.11 Å². The van der Waals surface area contributed by atoms with Crippen LogP contribution in [0.4, 0.5) is 0 Å². The Labute approximate surface area is 97.2 Å². The second kappa shape index (κ2) is 4.90. The fourth-order valence-corrected chi connectivity index (χ4v) is 1.95. The maximum absolute atomic E-state index is 5.81. The van der Waals surface area contributed by atoms with Gasteiger partial charge in [-0.1, -0.05) is 0 Å². The van der Waals surface area contributed by atoms with Crippen LogP contribution >= 0.6 is 12.6 Å². The van der Waals surface area contributed by atoms with Gasteiger partial charge in [0.05, 0.1) is 7.11 Å². The van der Waals surface area contributed by atoms with E-state index in [0.29, 0.717) is 0 Å². The third-order valence-electron chi connectivity index (χ3n) is 2.63. The molecule has 2 N–H and O–H groups in total. The topological polar surface area (TPSA) is 35.2 Å². The van der Waals surface area contributed by atoms with Crippen LogP contribution in [0, 0.1) is 13.8 Å². The summed E-state index contributed by atoms with van der Waals surface area (Å²) in [6.07, 6.45) is 0.857. The molecule has 0 radical (unpaired) electrons. The molecule has 0 amide bonds. The molecule has 1 rings (SSSR count). The summed E-state index contributed by atoms with van der Waals surface area (Å²) in [4.78, 5) is 1.00. The number of ether oxygens (including phenoxy) is 1. The minimum atomic E-state index is 0.156. The Morgan fingerprint density at radius 1 is 1.40 bits per heavy atom. The van der Waals surface area contributed by atoms with Gasteiger partial charge in [-0.2, -0.15) is 0 Å². The summed E-state index contributed by atoms with van der Waals surface area (Å²) in [7, 11) is 1.68. The minimum Gasteiger partial charge on any atom is -0.496 e. The third-order valence-corrected chi connectivity index (χ3v) is 3.30. The van der Waals surface area contributed by atoms with E-state index in [9.17, 15) is 0 Å². The summed E-state index contributed by atoms with van der Waals surface area (Å²) in [5.74, 6) is 0.890. The van der Waals surface area contributed by atoms with Crippen LogP contribution in [0.1, 0.15) is 23.6 Å². The Kier molecular flexibility index (Phi) is 4.05. The zero-order valence-electron chi connectivity index (χ0n) is 9.79. The Morgan fingerprint density at radius 3 is 2.47 bits per heavy atom. The third kappa shape index (κ3) is 2.67. The van der Waals surface area contributed by atoms with Crippen molar-refractivity contribution in [3.05, 3.63) is 22.8 Å². The molecule has 0 aromatic heterocycles. The zero-order valence-corrected chi connectivity index (χ0v) is 10.7. The van der Waals surface area contributed by atoms with Crippen molar-refractivity contribution < 1.29 is 4.74 Å². The molecule has 0 heterocycles. The SMILES string of the molecule is COc1cc(CC(C)N)c(C)c(S)c1C. The van der Waals surface area contributed by atoms with E-state index in [-0.39, 0.29) is 6.04 Å². The van der Waals surface area contributed by atoms with Gasteiger partial charge in [0.1, 0.15) is 5.75 Å². The van der Waals surface area contributed by atoms with Crippen LogP contribution in [0.2, 0.25) is 0 Å². The molecule has 0 aliphatic carbocycles. The predicted octanol–water partition coefficient (Wildman–Crippen LogP) is 2.49. The van der Waals surface area contributed by atoms with Crippen LogP contribution in [0.15, 0.2) is 11.0 Å². The highest BCUT2D eigenvalue weighted by Crippen LogP contribution is 2.30. The van der Waals surface area contributed by atoms with Gasteiger partial charge in [0.15, 0.2) is 0 Å². The van der Waals surface area contributed by atoms with Gasteiger partial charge < -0.3 is 10.5 Å². The summed E-state index contributed by atoms with van der Waals surface area (Å²) in [5.41, 5.74) is 9.32. The molecule has 0 aliphatic heterocycles. The first-order valence-corrected chi connectivity index (χ1v) is 5.53. The van der Waals surface area contributed by atoms with Crippen LogP contribution in [0.25, 0.3) is 0 Å². The second-order valence-corrected chi connectivity index (χ2v) is 4.47. The lowest BCUT2D eigenvalue weighted by molar-refractivity contribution is 0.409. The van der Waals surface area contributed by atoms with Gasteiger partial charge in [-0.15, -0.1) is 12.6 Å². The molecule has 1 aromatic rings. The molecular weight excluding hydrogens is 206 g/mol. The van der Waals surface area contributed by atoms with Gasteiger partial charge in [-0.25, -0.2) is 0 Å². The molecule has 1 aromatic carbocycles. The smallest absolute Gasteiger partial charge is 0.123 e. The summed E-state index contributed by atoms with van der Waals surface area (Å²) in [6, 6.07) is 2.22. The summed E-state index contributed by atoms with van der Waals surface area (Å²) in [6.45, 7) is 6.10. The molecule has 1 unspecified atom stereocenters.